The van der Waals surface area contributed by atoms with Gasteiger partial charge in [-0.3, -0.25) is 9.59 Å². The lowest BCUT2D eigenvalue weighted by Crippen LogP contribution is -2.60. The van der Waals surface area contributed by atoms with Crippen LogP contribution < -0.4 is 5.32 Å². The van der Waals surface area contributed by atoms with E-state index in [-0.39, 0.29) is 24.4 Å². The summed E-state index contributed by atoms with van der Waals surface area (Å²) in [6.45, 7) is 1.36. The van der Waals surface area contributed by atoms with Crippen LogP contribution in [-0.2, 0) is 16.1 Å². The maximum atomic E-state index is 12.5. The molecule has 6 heteroatoms. The quantitative estimate of drug-likeness (QED) is 0.895. The molecule has 0 spiro atoms. The first-order valence-corrected chi connectivity index (χ1v) is 7.40. The molecule has 3 rings (SSSR count). The number of carbonyl (C=O) groups excluding carboxylic acids is 2. The lowest BCUT2D eigenvalue weighted by molar-refractivity contribution is -0.158. The molecule has 0 radical (unpaired) electrons. The largest absolute Gasteiger partial charge is 0.373 e. The van der Waals surface area contributed by atoms with Crippen LogP contribution in [0.1, 0.15) is 24.8 Å². The van der Waals surface area contributed by atoms with Gasteiger partial charge in [0.25, 0.3) is 0 Å². The molecule has 1 unspecified atom stereocenters. The molecule has 1 aromatic heterocycles. The Labute approximate surface area is 124 Å². The van der Waals surface area contributed by atoms with Crippen molar-refractivity contribution in [3.05, 3.63) is 23.9 Å². The molecule has 2 aliphatic heterocycles. The summed E-state index contributed by atoms with van der Waals surface area (Å²) in [6.07, 6.45) is 4.56. The highest BCUT2D eigenvalue weighted by atomic mass is 16.2. The number of hydrogen-bond donors (Lipinski definition) is 1. The molecule has 0 saturated carbocycles. The van der Waals surface area contributed by atoms with E-state index >= 15 is 0 Å². The Balaban J connectivity index is 1.72. The third kappa shape index (κ3) is 2.70. The summed E-state index contributed by atoms with van der Waals surface area (Å²) in [7, 11) is 1.81. The highest BCUT2D eigenvalue weighted by Gasteiger charge is 2.40. The summed E-state index contributed by atoms with van der Waals surface area (Å²) >= 11 is 0. The monoisotopic (exact) mass is 288 g/mol. The van der Waals surface area contributed by atoms with Gasteiger partial charge in [-0.1, -0.05) is 6.07 Å². The number of amides is 2. The molecule has 2 amide bonds. The van der Waals surface area contributed by atoms with Crippen molar-refractivity contribution < 1.29 is 9.59 Å². The second-order valence-electron chi connectivity index (χ2n) is 5.59. The standard InChI is InChI=1S/C15H20N4O2/c1-16-13-6-5-11(8-17-13)9-18-10-14(20)19-7-3-2-4-12(19)15(18)21/h5-6,8,12H,2-4,7,9-10H2,1H3,(H,16,17). The summed E-state index contributed by atoms with van der Waals surface area (Å²) in [5.74, 6) is 0.935. The minimum Gasteiger partial charge on any atom is -0.373 e. The molecule has 2 fully saturated rings. The van der Waals surface area contributed by atoms with Crippen LogP contribution in [0.3, 0.4) is 0 Å². The molecule has 0 aromatic carbocycles. The number of fused-ring (bicyclic) bond motifs is 1. The van der Waals surface area contributed by atoms with Crippen LogP contribution in [0.5, 0.6) is 0 Å². The van der Waals surface area contributed by atoms with E-state index in [1.807, 2.05) is 19.2 Å². The molecule has 2 aliphatic rings. The summed E-state index contributed by atoms with van der Waals surface area (Å²) in [4.78, 5) is 32.4. The highest BCUT2D eigenvalue weighted by Crippen LogP contribution is 2.24. The molecule has 0 aliphatic carbocycles. The van der Waals surface area contributed by atoms with Crippen molar-refractivity contribution in [1.82, 2.24) is 14.8 Å². The fourth-order valence-corrected chi connectivity index (χ4v) is 3.05. The van der Waals surface area contributed by atoms with Crippen LogP contribution in [-0.4, -0.2) is 52.8 Å². The number of anilines is 1. The van der Waals surface area contributed by atoms with Crippen LogP contribution in [0, 0.1) is 0 Å². The Bertz CT molecular complexity index is 543. The number of aromatic nitrogens is 1. The van der Waals surface area contributed by atoms with Gasteiger partial charge >= 0.3 is 0 Å². The first-order valence-electron chi connectivity index (χ1n) is 7.40. The second-order valence-corrected chi connectivity index (χ2v) is 5.59. The van der Waals surface area contributed by atoms with Crippen LogP contribution in [0.25, 0.3) is 0 Å². The minimum atomic E-state index is -0.246. The predicted octanol–water partition coefficient (Wildman–Crippen LogP) is 0.847. The number of piperidine rings is 1. The summed E-state index contributed by atoms with van der Waals surface area (Å²) < 4.78 is 0. The first-order chi connectivity index (χ1) is 10.2. The second kappa shape index (κ2) is 5.71. The lowest BCUT2D eigenvalue weighted by atomic mass is 9.98. The van der Waals surface area contributed by atoms with E-state index < -0.39 is 0 Å². The maximum Gasteiger partial charge on any atom is 0.246 e. The van der Waals surface area contributed by atoms with Gasteiger partial charge in [0, 0.05) is 26.3 Å². The molecule has 3 heterocycles. The van der Waals surface area contributed by atoms with E-state index in [0.29, 0.717) is 6.54 Å². The van der Waals surface area contributed by atoms with E-state index in [0.717, 1.165) is 37.2 Å². The zero-order valence-corrected chi connectivity index (χ0v) is 12.2. The van der Waals surface area contributed by atoms with Crippen molar-refractivity contribution in [3.8, 4) is 0 Å². The highest BCUT2D eigenvalue weighted by molar-refractivity contribution is 5.95. The Morgan fingerprint density at radius 3 is 2.90 bits per heavy atom. The van der Waals surface area contributed by atoms with Gasteiger partial charge in [-0.2, -0.15) is 0 Å². The molecular weight excluding hydrogens is 268 g/mol. The Kier molecular flexibility index (Phi) is 3.77. The van der Waals surface area contributed by atoms with Gasteiger partial charge in [0.05, 0.1) is 0 Å². The predicted molar refractivity (Wildman–Crippen MR) is 78.6 cm³/mol. The third-order valence-corrected chi connectivity index (χ3v) is 4.20. The normalized spacial score (nSPS) is 22.2. The van der Waals surface area contributed by atoms with Crippen molar-refractivity contribution in [2.45, 2.75) is 31.8 Å². The number of nitrogens with zero attached hydrogens (tertiary/aromatic N) is 3. The molecule has 2 saturated heterocycles. The van der Waals surface area contributed by atoms with E-state index in [9.17, 15) is 9.59 Å². The maximum absolute atomic E-state index is 12.5. The number of pyridine rings is 1. The first kappa shape index (κ1) is 13.9. The molecule has 1 atom stereocenters. The fourth-order valence-electron chi connectivity index (χ4n) is 3.05. The average molecular weight is 288 g/mol. The minimum absolute atomic E-state index is 0.0686. The SMILES string of the molecule is CNc1ccc(CN2CC(=O)N3CCCCC3C2=O)cn1. The van der Waals surface area contributed by atoms with Gasteiger partial charge in [-0.15, -0.1) is 0 Å². The topological polar surface area (TPSA) is 65.5 Å². The van der Waals surface area contributed by atoms with Gasteiger partial charge < -0.3 is 15.1 Å². The smallest absolute Gasteiger partial charge is 0.246 e. The van der Waals surface area contributed by atoms with Crippen molar-refractivity contribution >= 4 is 17.6 Å². The Hall–Kier alpha value is -2.11. The average Bonchev–Trinajstić information content (AvgIpc) is 2.53. The molecule has 21 heavy (non-hydrogen) atoms. The zero-order valence-electron chi connectivity index (χ0n) is 12.2. The summed E-state index contributed by atoms with van der Waals surface area (Å²) in [5.41, 5.74) is 0.944. The van der Waals surface area contributed by atoms with E-state index in [1.165, 1.54) is 0 Å². The number of hydrogen-bond acceptors (Lipinski definition) is 4. The lowest BCUT2D eigenvalue weighted by Gasteiger charge is -2.42. The van der Waals surface area contributed by atoms with Crippen LogP contribution in [0.15, 0.2) is 18.3 Å². The summed E-state index contributed by atoms with van der Waals surface area (Å²) in [5, 5.41) is 2.96. The molecule has 1 N–H and O–H groups in total. The molecule has 112 valence electrons. The van der Waals surface area contributed by atoms with E-state index in [2.05, 4.69) is 10.3 Å². The van der Waals surface area contributed by atoms with Gasteiger partial charge in [-0.25, -0.2) is 4.98 Å². The Morgan fingerprint density at radius 1 is 1.33 bits per heavy atom. The van der Waals surface area contributed by atoms with Gasteiger partial charge in [0.15, 0.2) is 0 Å². The number of nitrogens with one attached hydrogen (secondary N) is 1. The van der Waals surface area contributed by atoms with Crippen LogP contribution >= 0.6 is 0 Å². The van der Waals surface area contributed by atoms with Crippen molar-refractivity contribution in [1.29, 1.82) is 0 Å². The number of rotatable bonds is 3. The molecule has 0 bridgehead atoms. The van der Waals surface area contributed by atoms with E-state index in [1.54, 1.807) is 16.0 Å². The fraction of sp³-hybridized carbons (Fsp3) is 0.533. The van der Waals surface area contributed by atoms with Gasteiger partial charge in [0.2, 0.25) is 11.8 Å². The van der Waals surface area contributed by atoms with E-state index in [4.69, 9.17) is 0 Å². The molecular formula is C15H20N4O2. The van der Waals surface area contributed by atoms with Crippen LogP contribution in [0.4, 0.5) is 5.82 Å². The number of piperazine rings is 1. The summed E-state index contributed by atoms with van der Waals surface area (Å²) in [6, 6.07) is 3.56. The molecule has 1 aromatic rings. The van der Waals surface area contributed by atoms with Crippen molar-refractivity contribution in [2.75, 3.05) is 25.5 Å². The van der Waals surface area contributed by atoms with Crippen molar-refractivity contribution in [2.24, 2.45) is 0 Å². The zero-order chi connectivity index (χ0) is 14.8. The number of carbonyl (C=O) groups is 2. The Morgan fingerprint density at radius 2 is 2.19 bits per heavy atom. The third-order valence-electron chi connectivity index (χ3n) is 4.20. The van der Waals surface area contributed by atoms with Gasteiger partial charge in [0.1, 0.15) is 18.4 Å². The van der Waals surface area contributed by atoms with Gasteiger partial charge in [-0.05, 0) is 30.9 Å². The van der Waals surface area contributed by atoms with Crippen molar-refractivity contribution in [3.63, 3.8) is 0 Å². The molecule has 6 nitrogen and oxygen atoms in total. The van der Waals surface area contributed by atoms with Crippen LogP contribution in [0.2, 0.25) is 0 Å².